The molecule has 0 N–H and O–H groups in total. The highest BCUT2D eigenvalue weighted by molar-refractivity contribution is 5.40. The highest BCUT2D eigenvalue weighted by Gasteiger charge is 2.43. The molecule has 1 fully saturated rings. The number of benzene rings is 1. The van der Waals surface area contributed by atoms with E-state index in [9.17, 15) is 0 Å². The van der Waals surface area contributed by atoms with Gasteiger partial charge in [0.2, 0.25) is 5.95 Å². The zero-order chi connectivity index (χ0) is 19.0. The van der Waals surface area contributed by atoms with Crippen molar-refractivity contribution in [3.8, 4) is 5.75 Å². The van der Waals surface area contributed by atoms with Gasteiger partial charge in [-0.15, -0.1) is 0 Å². The van der Waals surface area contributed by atoms with Gasteiger partial charge in [-0.25, -0.2) is 9.97 Å². The van der Waals surface area contributed by atoms with Crippen molar-refractivity contribution < 1.29 is 4.74 Å². The summed E-state index contributed by atoms with van der Waals surface area (Å²) in [5.74, 6) is 1.77. The second-order valence-electron chi connectivity index (χ2n) is 8.33. The lowest BCUT2D eigenvalue weighted by Gasteiger charge is -2.41. The second-order valence-corrected chi connectivity index (χ2v) is 8.33. The third-order valence-electron chi connectivity index (χ3n) is 6.23. The van der Waals surface area contributed by atoms with Gasteiger partial charge in [-0.2, -0.15) is 0 Å². The molecule has 1 aromatic carbocycles. The minimum Gasteiger partial charge on any atom is -0.497 e. The van der Waals surface area contributed by atoms with E-state index in [-0.39, 0.29) is 5.41 Å². The molecule has 0 amide bonds. The predicted octanol–water partition coefficient (Wildman–Crippen LogP) is 3.34. The average Bonchev–Trinajstić information content (AvgIpc) is 3.00. The van der Waals surface area contributed by atoms with Gasteiger partial charge in [0, 0.05) is 38.8 Å². The van der Waals surface area contributed by atoms with Crippen LogP contribution in [0.25, 0.3) is 0 Å². The number of methoxy groups -OCH3 is 1. The second kappa shape index (κ2) is 7.12. The van der Waals surface area contributed by atoms with Crippen LogP contribution in [-0.4, -0.2) is 49.2 Å². The Bertz CT molecular complexity index is 831. The smallest absolute Gasteiger partial charge is 0.225 e. The molecule has 1 spiro atoms. The fourth-order valence-corrected chi connectivity index (χ4v) is 4.72. The molecule has 144 valence electrons. The normalized spacial score (nSPS) is 22.1. The molecule has 27 heavy (non-hydrogen) atoms. The Morgan fingerprint density at radius 1 is 1.26 bits per heavy atom. The molecule has 1 aromatic heterocycles. The monoisotopic (exact) mass is 366 g/mol. The van der Waals surface area contributed by atoms with Gasteiger partial charge in [0.15, 0.2) is 0 Å². The molecule has 5 heteroatoms. The van der Waals surface area contributed by atoms with Gasteiger partial charge in [0.1, 0.15) is 5.75 Å². The van der Waals surface area contributed by atoms with E-state index in [1.807, 2.05) is 19.0 Å². The van der Waals surface area contributed by atoms with Crippen molar-refractivity contribution in [1.82, 2.24) is 14.9 Å². The van der Waals surface area contributed by atoms with Crippen LogP contribution in [0.15, 0.2) is 24.4 Å². The zero-order valence-corrected chi connectivity index (χ0v) is 17.0. The van der Waals surface area contributed by atoms with Gasteiger partial charge >= 0.3 is 0 Å². The molecule has 1 atom stereocenters. The quantitative estimate of drug-likeness (QED) is 0.830. The van der Waals surface area contributed by atoms with Gasteiger partial charge in [0.25, 0.3) is 0 Å². The molecule has 2 aromatic rings. The van der Waals surface area contributed by atoms with E-state index in [0.29, 0.717) is 0 Å². The largest absolute Gasteiger partial charge is 0.497 e. The number of fused-ring (bicyclic) bond motifs is 2. The molecule has 1 aliphatic heterocycles. The highest BCUT2D eigenvalue weighted by Crippen LogP contribution is 2.44. The molecule has 0 radical (unpaired) electrons. The Morgan fingerprint density at radius 2 is 2.11 bits per heavy atom. The van der Waals surface area contributed by atoms with Crippen molar-refractivity contribution in [1.29, 1.82) is 0 Å². The summed E-state index contributed by atoms with van der Waals surface area (Å²) < 4.78 is 5.35. The molecule has 0 saturated carbocycles. The lowest BCUT2D eigenvalue weighted by atomic mass is 9.77. The van der Waals surface area contributed by atoms with Crippen LogP contribution in [0, 0.1) is 6.92 Å². The van der Waals surface area contributed by atoms with Crippen LogP contribution in [0.4, 0.5) is 5.95 Å². The first-order chi connectivity index (χ1) is 13.0. The molecule has 0 bridgehead atoms. The summed E-state index contributed by atoms with van der Waals surface area (Å²) in [4.78, 5) is 14.1. The summed E-state index contributed by atoms with van der Waals surface area (Å²) in [6.45, 7) is 5.43. The van der Waals surface area contributed by atoms with Crippen molar-refractivity contribution in [3.05, 3.63) is 46.8 Å². The van der Waals surface area contributed by atoms with Crippen LogP contribution in [0.2, 0.25) is 0 Å². The summed E-state index contributed by atoms with van der Waals surface area (Å²) in [6.07, 6.45) is 6.83. The van der Waals surface area contributed by atoms with E-state index in [1.54, 1.807) is 7.11 Å². The van der Waals surface area contributed by atoms with Crippen LogP contribution in [0.5, 0.6) is 5.75 Å². The SMILES string of the molecule is COc1ccc(CN2CCCC3(CCc4cnc(N(C)C)nc43)C2)c(C)c1. The van der Waals surface area contributed by atoms with E-state index >= 15 is 0 Å². The maximum Gasteiger partial charge on any atom is 0.225 e. The van der Waals surface area contributed by atoms with Gasteiger partial charge in [-0.3, -0.25) is 4.90 Å². The Labute approximate surface area is 162 Å². The molecule has 1 aliphatic carbocycles. The maximum absolute atomic E-state index is 5.35. The number of aromatic nitrogens is 2. The number of aryl methyl sites for hydroxylation is 2. The summed E-state index contributed by atoms with van der Waals surface area (Å²) in [7, 11) is 5.76. The summed E-state index contributed by atoms with van der Waals surface area (Å²) in [5.41, 5.74) is 5.54. The number of nitrogens with zero attached hydrogens (tertiary/aromatic N) is 4. The average molecular weight is 367 g/mol. The van der Waals surface area contributed by atoms with Crippen molar-refractivity contribution in [2.75, 3.05) is 39.2 Å². The van der Waals surface area contributed by atoms with Gasteiger partial charge in [-0.05, 0) is 68.0 Å². The van der Waals surface area contributed by atoms with Crippen molar-refractivity contribution in [2.45, 2.75) is 44.6 Å². The third kappa shape index (κ3) is 3.41. The Balaban J connectivity index is 1.57. The van der Waals surface area contributed by atoms with E-state index < -0.39 is 0 Å². The highest BCUT2D eigenvalue weighted by atomic mass is 16.5. The van der Waals surface area contributed by atoms with E-state index in [4.69, 9.17) is 9.72 Å². The molecule has 1 saturated heterocycles. The van der Waals surface area contributed by atoms with Crippen molar-refractivity contribution in [2.24, 2.45) is 0 Å². The maximum atomic E-state index is 5.35. The van der Waals surface area contributed by atoms with Crippen molar-refractivity contribution in [3.63, 3.8) is 0 Å². The van der Waals surface area contributed by atoms with Crippen LogP contribution in [0.1, 0.15) is 41.6 Å². The lowest BCUT2D eigenvalue weighted by molar-refractivity contribution is 0.136. The fraction of sp³-hybridized carbons (Fsp3) is 0.545. The fourth-order valence-electron chi connectivity index (χ4n) is 4.72. The Kier molecular flexibility index (Phi) is 4.81. The summed E-state index contributed by atoms with van der Waals surface area (Å²) in [6, 6.07) is 6.42. The molecular weight excluding hydrogens is 336 g/mol. The molecule has 1 unspecified atom stereocenters. The molecular formula is C22H30N4O. The van der Waals surface area contributed by atoms with Crippen LogP contribution in [-0.2, 0) is 18.4 Å². The first-order valence-corrected chi connectivity index (χ1v) is 9.90. The minimum atomic E-state index is 0.196. The summed E-state index contributed by atoms with van der Waals surface area (Å²) in [5, 5.41) is 0. The number of rotatable bonds is 4. The number of ether oxygens (including phenoxy) is 1. The molecule has 2 aliphatic rings. The molecule has 2 heterocycles. The Hall–Kier alpha value is -2.14. The number of anilines is 1. The van der Waals surface area contributed by atoms with E-state index in [1.165, 1.54) is 41.6 Å². The van der Waals surface area contributed by atoms with Crippen LogP contribution < -0.4 is 9.64 Å². The number of piperidine rings is 1. The summed E-state index contributed by atoms with van der Waals surface area (Å²) >= 11 is 0. The van der Waals surface area contributed by atoms with Gasteiger partial charge in [-0.1, -0.05) is 6.07 Å². The number of likely N-dealkylation sites (tertiary alicyclic amines) is 1. The number of hydrogen-bond acceptors (Lipinski definition) is 5. The molecule has 4 rings (SSSR count). The van der Waals surface area contributed by atoms with Crippen LogP contribution in [0.3, 0.4) is 0 Å². The minimum absolute atomic E-state index is 0.196. The first kappa shape index (κ1) is 18.2. The lowest BCUT2D eigenvalue weighted by Crippen LogP contribution is -2.45. The van der Waals surface area contributed by atoms with Crippen LogP contribution >= 0.6 is 0 Å². The predicted molar refractivity (Wildman–Crippen MR) is 109 cm³/mol. The van der Waals surface area contributed by atoms with E-state index in [2.05, 4.69) is 41.2 Å². The van der Waals surface area contributed by atoms with Crippen molar-refractivity contribution >= 4 is 5.95 Å². The van der Waals surface area contributed by atoms with E-state index in [0.717, 1.165) is 37.8 Å². The zero-order valence-electron chi connectivity index (χ0n) is 17.0. The topological polar surface area (TPSA) is 41.5 Å². The van der Waals surface area contributed by atoms with Gasteiger partial charge in [0.05, 0.1) is 12.8 Å². The molecule has 5 nitrogen and oxygen atoms in total. The first-order valence-electron chi connectivity index (χ1n) is 9.90. The third-order valence-corrected chi connectivity index (χ3v) is 6.23. The number of hydrogen-bond donors (Lipinski definition) is 0. The van der Waals surface area contributed by atoms with Gasteiger partial charge < -0.3 is 9.64 Å². The standard InChI is InChI=1S/C22H30N4O/c1-16-12-19(27-4)7-6-18(16)14-26-11-5-9-22(15-26)10-8-17-13-23-21(25(2)3)24-20(17)22/h6-7,12-13H,5,8-11,14-15H2,1-4H3. The Morgan fingerprint density at radius 3 is 2.85 bits per heavy atom.